The molecular formula is C29H33O16+. The SMILES string of the molecule is CC(=O)O[C@H]1[C@H](Oc2cc3c(O)cc(O)cc3[o+]c2-c2ccc(O)c(O)c2)O[C@H](CO[C@@H]2O[C@@H](C)[C@H](O)[C@@H](O)[C@H]2O)[C@@H](O)[C@@H]1O. The van der Waals surface area contributed by atoms with Crippen LogP contribution in [0.5, 0.6) is 28.7 Å². The van der Waals surface area contributed by atoms with Crippen molar-refractivity contribution < 1.29 is 78.9 Å². The molecule has 0 saturated carbocycles. The largest absolute Gasteiger partial charge is 0.507 e. The second-order valence-electron chi connectivity index (χ2n) is 10.8. The van der Waals surface area contributed by atoms with Gasteiger partial charge in [-0.05, 0) is 19.1 Å². The van der Waals surface area contributed by atoms with Gasteiger partial charge in [0.15, 0.2) is 23.9 Å². The van der Waals surface area contributed by atoms with Crippen LogP contribution < -0.4 is 4.74 Å². The normalized spacial score (nSPS) is 31.9. The highest BCUT2D eigenvalue weighted by Gasteiger charge is 2.50. The van der Waals surface area contributed by atoms with Crippen LogP contribution in [0, 0.1) is 0 Å². The first-order chi connectivity index (χ1) is 21.2. The van der Waals surface area contributed by atoms with E-state index in [1.54, 1.807) is 0 Å². The van der Waals surface area contributed by atoms with E-state index in [1.165, 1.54) is 31.2 Å². The van der Waals surface area contributed by atoms with Crippen LogP contribution in [0.4, 0.5) is 0 Å². The molecule has 0 spiro atoms. The molecule has 45 heavy (non-hydrogen) atoms. The van der Waals surface area contributed by atoms with Gasteiger partial charge in [0.25, 0.3) is 0 Å². The first-order valence-electron chi connectivity index (χ1n) is 13.8. The summed E-state index contributed by atoms with van der Waals surface area (Å²) in [6.07, 6.45) is -15.3. The molecule has 0 unspecified atom stereocenters. The average Bonchev–Trinajstić information content (AvgIpc) is 2.98. The maximum Gasteiger partial charge on any atom is 0.402 e. The van der Waals surface area contributed by atoms with Crippen molar-refractivity contribution in [3.63, 3.8) is 0 Å². The lowest BCUT2D eigenvalue weighted by Gasteiger charge is -2.43. The quantitative estimate of drug-likeness (QED) is 0.0923. The number of aliphatic hydroxyl groups excluding tert-OH is 5. The van der Waals surface area contributed by atoms with Gasteiger partial charge in [-0.1, -0.05) is 0 Å². The molecule has 2 aliphatic heterocycles. The van der Waals surface area contributed by atoms with Gasteiger partial charge in [0, 0.05) is 25.1 Å². The minimum Gasteiger partial charge on any atom is -0.507 e. The van der Waals surface area contributed by atoms with Crippen LogP contribution in [0.15, 0.2) is 40.8 Å². The van der Waals surface area contributed by atoms with Crippen molar-refractivity contribution in [1.82, 2.24) is 0 Å². The lowest BCUT2D eigenvalue weighted by molar-refractivity contribution is -0.319. The molecule has 16 nitrogen and oxygen atoms in total. The number of aliphatic hydroxyl groups is 5. The van der Waals surface area contributed by atoms with Crippen molar-refractivity contribution in [1.29, 1.82) is 0 Å². The van der Waals surface area contributed by atoms with Gasteiger partial charge in [0.05, 0.1) is 24.3 Å². The number of phenolic OH excluding ortho intramolecular Hbond substituents is 4. The zero-order valence-corrected chi connectivity index (χ0v) is 23.8. The molecule has 3 heterocycles. The summed E-state index contributed by atoms with van der Waals surface area (Å²) in [7, 11) is 0. The molecule has 244 valence electrons. The van der Waals surface area contributed by atoms with Gasteiger partial charge in [-0.15, -0.1) is 0 Å². The first kappa shape index (κ1) is 32.4. The third-order valence-electron chi connectivity index (χ3n) is 7.48. The summed E-state index contributed by atoms with van der Waals surface area (Å²) in [6.45, 7) is 1.94. The molecule has 0 amide bonds. The van der Waals surface area contributed by atoms with Crippen LogP contribution >= 0.6 is 0 Å². The Morgan fingerprint density at radius 2 is 1.56 bits per heavy atom. The summed E-state index contributed by atoms with van der Waals surface area (Å²) in [5.74, 6) is -2.88. The first-order valence-corrected chi connectivity index (χ1v) is 13.8. The van der Waals surface area contributed by atoms with Crippen LogP contribution in [-0.2, 0) is 23.7 Å². The van der Waals surface area contributed by atoms with E-state index in [9.17, 15) is 50.8 Å². The molecule has 9 N–H and O–H groups in total. The van der Waals surface area contributed by atoms with Gasteiger partial charge >= 0.3 is 17.3 Å². The number of benzene rings is 2. The van der Waals surface area contributed by atoms with Gasteiger partial charge in [0.2, 0.25) is 12.0 Å². The highest BCUT2D eigenvalue weighted by Crippen LogP contribution is 2.42. The van der Waals surface area contributed by atoms with Crippen molar-refractivity contribution in [3.8, 4) is 40.1 Å². The number of ether oxygens (including phenoxy) is 5. The Bertz CT molecular complexity index is 1550. The minimum atomic E-state index is -1.81. The zero-order chi connectivity index (χ0) is 32.7. The molecule has 5 rings (SSSR count). The monoisotopic (exact) mass is 637 g/mol. The summed E-state index contributed by atoms with van der Waals surface area (Å²) in [6, 6.07) is 7.19. The summed E-state index contributed by atoms with van der Waals surface area (Å²) in [5, 5.41) is 92.5. The standard InChI is InChI=1S/C29H32O16/c1-10-21(35)23(37)25(39)28(41-10)40-9-20-22(36)24(38)27(42-11(2)30)29(45-20)44-19-8-14-16(33)6-13(31)7-18(14)43-26(19)12-3-4-15(32)17(34)5-12/h3-8,10,20-25,27-29,35-39H,9H2,1-2H3,(H3-,31,32,33,34)/p+1/t10-,20+,21-,22+,23+,24-,25+,27+,28+,29+/m0/s1. The second kappa shape index (κ2) is 12.8. The van der Waals surface area contributed by atoms with Crippen LogP contribution in [-0.4, -0.2) is 120 Å². The molecule has 2 saturated heterocycles. The number of hydrogen-bond donors (Lipinski definition) is 9. The van der Waals surface area contributed by atoms with Crippen molar-refractivity contribution in [2.75, 3.05) is 6.61 Å². The highest BCUT2D eigenvalue weighted by atomic mass is 16.7. The Hall–Kier alpha value is -4.00. The molecule has 2 aromatic carbocycles. The van der Waals surface area contributed by atoms with E-state index in [0.717, 1.165) is 19.1 Å². The van der Waals surface area contributed by atoms with Gasteiger partial charge < -0.3 is 69.6 Å². The zero-order valence-electron chi connectivity index (χ0n) is 23.8. The van der Waals surface area contributed by atoms with Crippen LogP contribution in [0.25, 0.3) is 22.3 Å². The van der Waals surface area contributed by atoms with Crippen molar-refractivity contribution in [3.05, 3.63) is 36.4 Å². The topological polar surface area (TPSA) is 257 Å². The lowest BCUT2D eigenvalue weighted by Crippen LogP contribution is -2.62. The van der Waals surface area contributed by atoms with Gasteiger partial charge in [0.1, 0.15) is 53.5 Å². The van der Waals surface area contributed by atoms with Crippen LogP contribution in [0.3, 0.4) is 0 Å². The molecule has 0 radical (unpaired) electrons. The Balaban J connectivity index is 1.49. The molecule has 0 aliphatic carbocycles. The lowest BCUT2D eigenvalue weighted by atomic mass is 9.98. The van der Waals surface area contributed by atoms with E-state index in [1.807, 2.05) is 0 Å². The van der Waals surface area contributed by atoms with Gasteiger partial charge in [-0.2, -0.15) is 0 Å². The number of esters is 1. The summed E-state index contributed by atoms with van der Waals surface area (Å²) in [4.78, 5) is 11.9. The van der Waals surface area contributed by atoms with E-state index in [0.29, 0.717) is 0 Å². The fourth-order valence-electron chi connectivity index (χ4n) is 5.06. The highest BCUT2D eigenvalue weighted by molar-refractivity contribution is 5.88. The molecule has 16 heteroatoms. The maximum absolute atomic E-state index is 11.9. The number of carbonyl (C=O) groups is 1. The predicted octanol–water partition coefficient (Wildman–Crippen LogP) is -0.195. The Morgan fingerprint density at radius 3 is 2.24 bits per heavy atom. The molecule has 1 aromatic heterocycles. The van der Waals surface area contributed by atoms with Crippen LogP contribution in [0.1, 0.15) is 13.8 Å². The van der Waals surface area contributed by atoms with E-state index in [-0.39, 0.29) is 33.8 Å². The van der Waals surface area contributed by atoms with Crippen molar-refractivity contribution in [2.45, 2.75) is 75.3 Å². The number of fused-ring (bicyclic) bond motifs is 1. The van der Waals surface area contributed by atoms with E-state index in [4.69, 9.17) is 28.1 Å². The molecule has 3 aromatic rings. The predicted molar refractivity (Wildman–Crippen MR) is 148 cm³/mol. The number of aromatic hydroxyl groups is 4. The molecule has 2 aliphatic rings. The second-order valence-corrected chi connectivity index (χ2v) is 10.8. The van der Waals surface area contributed by atoms with Gasteiger partial charge in [-0.25, -0.2) is 4.42 Å². The van der Waals surface area contributed by atoms with E-state index >= 15 is 0 Å². The minimum absolute atomic E-state index is 0.0159. The molecular weight excluding hydrogens is 604 g/mol. The maximum atomic E-state index is 11.9. The number of phenols is 4. The smallest absolute Gasteiger partial charge is 0.402 e. The number of hydrogen-bond acceptors (Lipinski definition) is 15. The van der Waals surface area contributed by atoms with Crippen LogP contribution in [0.2, 0.25) is 0 Å². The summed E-state index contributed by atoms with van der Waals surface area (Å²) in [5.41, 5.74) is 0.126. The Kier molecular flexibility index (Phi) is 9.20. The van der Waals surface area contributed by atoms with Crippen molar-refractivity contribution >= 4 is 16.9 Å². The van der Waals surface area contributed by atoms with Crippen molar-refractivity contribution in [2.24, 2.45) is 0 Å². The fourth-order valence-corrected chi connectivity index (χ4v) is 5.06. The average molecular weight is 638 g/mol. The molecule has 10 atom stereocenters. The number of rotatable bonds is 7. The number of carbonyl (C=O) groups excluding carboxylic acids is 1. The third kappa shape index (κ3) is 6.54. The fraction of sp³-hybridized carbons (Fsp3) is 0.448. The van der Waals surface area contributed by atoms with E-state index in [2.05, 4.69) is 0 Å². The summed E-state index contributed by atoms with van der Waals surface area (Å²) >= 11 is 0. The Labute approximate surface area is 254 Å². The van der Waals surface area contributed by atoms with E-state index < -0.39 is 91.2 Å². The third-order valence-corrected chi connectivity index (χ3v) is 7.48. The summed E-state index contributed by atoms with van der Waals surface area (Å²) < 4.78 is 34.0. The Morgan fingerprint density at radius 1 is 0.822 bits per heavy atom. The molecule has 0 bridgehead atoms. The molecule has 2 fully saturated rings. The van der Waals surface area contributed by atoms with Gasteiger partial charge in [-0.3, -0.25) is 4.79 Å².